The van der Waals surface area contributed by atoms with Gasteiger partial charge in [-0.05, 0) is 41.6 Å². The summed E-state index contributed by atoms with van der Waals surface area (Å²) in [5.74, 6) is 1.77. The second kappa shape index (κ2) is 14.8. The SMILES string of the molecule is C=C1CN(c2cc(OC)c(OC)c(OC)c2)C1=O.CC.COc1ccccc1OC(=O)c1ccc(N=O)cc1. The van der Waals surface area contributed by atoms with E-state index in [-0.39, 0.29) is 11.6 Å². The Morgan fingerprint density at radius 3 is 1.79 bits per heavy atom. The van der Waals surface area contributed by atoms with E-state index in [0.717, 1.165) is 0 Å². The van der Waals surface area contributed by atoms with E-state index in [1.165, 1.54) is 52.7 Å². The second-order valence-electron chi connectivity index (χ2n) is 7.56. The molecule has 1 amide bonds. The number of amides is 1. The van der Waals surface area contributed by atoms with E-state index in [1.807, 2.05) is 13.8 Å². The molecule has 1 heterocycles. The van der Waals surface area contributed by atoms with E-state index in [1.54, 1.807) is 41.3 Å². The zero-order valence-corrected chi connectivity index (χ0v) is 22.8. The summed E-state index contributed by atoms with van der Waals surface area (Å²) in [4.78, 5) is 35.4. The quantitative estimate of drug-likeness (QED) is 0.114. The Morgan fingerprint density at radius 2 is 1.36 bits per heavy atom. The number of hydrogen-bond acceptors (Lipinski definition) is 9. The molecule has 3 aromatic carbocycles. The van der Waals surface area contributed by atoms with Gasteiger partial charge in [-0.1, -0.05) is 32.6 Å². The zero-order chi connectivity index (χ0) is 28.9. The summed E-state index contributed by atoms with van der Waals surface area (Å²) >= 11 is 0. The Labute approximate surface area is 227 Å². The van der Waals surface area contributed by atoms with Gasteiger partial charge in [-0.2, -0.15) is 0 Å². The molecule has 1 aliphatic heterocycles. The second-order valence-corrected chi connectivity index (χ2v) is 7.56. The van der Waals surface area contributed by atoms with Crippen molar-refractivity contribution in [2.75, 3.05) is 39.9 Å². The first-order valence-corrected chi connectivity index (χ1v) is 11.9. The van der Waals surface area contributed by atoms with Gasteiger partial charge >= 0.3 is 5.97 Å². The molecule has 1 fully saturated rings. The lowest BCUT2D eigenvalue weighted by molar-refractivity contribution is -0.117. The molecule has 4 rings (SSSR count). The Kier molecular flexibility index (Phi) is 11.5. The van der Waals surface area contributed by atoms with Crippen molar-refractivity contribution in [3.05, 3.63) is 83.3 Å². The summed E-state index contributed by atoms with van der Waals surface area (Å²) in [7, 11) is 6.11. The minimum atomic E-state index is -0.526. The van der Waals surface area contributed by atoms with Crippen LogP contribution in [0.3, 0.4) is 0 Å². The lowest BCUT2D eigenvalue weighted by Gasteiger charge is -2.33. The van der Waals surface area contributed by atoms with Gasteiger partial charge in [-0.3, -0.25) is 4.79 Å². The third-order valence-corrected chi connectivity index (χ3v) is 5.34. The first kappa shape index (κ1) is 30.4. The monoisotopic (exact) mass is 536 g/mol. The van der Waals surface area contributed by atoms with Crippen LogP contribution >= 0.6 is 0 Å². The van der Waals surface area contributed by atoms with Crippen LogP contribution in [-0.2, 0) is 4.79 Å². The number of methoxy groups -OCH3 is 4. The lowest BCUT2D eigenvalue weighted by Crippen LogP contribution is -2.45. The highest BCUT2D eigenvalue weighted by Gasteiger charge is 2.31. The maximum absolute atomic E-state index is 11.9. The molecule has 0 saturated carbocycles. The number of carbonyl (C=O) groups excluding carboxylic acids is 2. The van der Waals surface area contributed by atoms with E-state index in [0.29, 0.717) is 52.1 Å². The largest absolute Gasteiger partial charge is 0.493 e. The summed E-state index contributed by atoms with van der Waals surface area (Å²) in [6.45, 7) is 8.18. The van der Waals surface area contributed by atoms with E-state index >= 15 is 0 Å². The lowest BCUT2D eigenvalue weighted by atomic mass is 10.1. The number of ether oxygens (including phenoxy) is 5. The van der Waals surface area contributed by atoms with Crippen molar-refractivity contribution in [3.8, 4) is 28.7 Å². The predicted octanol–water partition coefficient (Wildman–Crippen LogP) is 5.95. The predicted molar refractivity (Wildman–Crippen MR) is 149 cm³/mol. The summed E-state index contributed by atoms with van der Waals surface area (Å²) in [6.07, 6.45) is 0. The van der Waals surface area contributed by atoms with Crippen LogP contribution in [0.2, 0.25) is 0 Å². The average Bonchev–Trinajstić information content (AvgIpc) is 3.00. The first-order valence-electron chi connectivity index (χ1n) is 11.9. The first-order chi connectivity index (χ1) is 18.9. The van der Waals surface area contributed by atoms with Crippen LogP contribution in [0.15, 0.2) is 78.0 Å². The molecule has 0 spiro atoms. The number of benzene rings is 3. The molecule has 3 aromatic rings. The van der Waals surface area contributed by atoms with Crippen molar-refractivity contribution in [3.63, 3.8) is 0 Å². The molecule has 0 aromatic heterocycles. The van der Waals surface area contributed by atoms with Gasteiger partial charge < -0.3 is 28.6 Å². The summed E-state index contributed by atoms with van der Waals surface area (Å²) in [5, 5.41) is 2.76. The van der Waals surface area contributed by atoms with Crippen molar-refractivity contribution in [2.24, 2.45) is 5.18 Å². The van der Waals surface area contributed by atoms with Crippen LogP contribution in [0.5, 0.6) is 28.7 Å². The van der Waals surface area contributed by atoms with Crippen molar-refractivity contribution in [1.29, 1.82) is 0 Å². The van der Waals surface area contributed by atoms with E-state index in [4.69, 9.17) is 23.7 Å². The maximum atomic E-state index is 11.9. The van der Waals surface area contributed by atoms with Crippen molar-refractivity contribution in [2.45, 2.75) is 13.8 Å². The standard InChI is InChI=1S/C14H11NO4.C13H15NO4.C2H6/c1-18-12-4-2-3-5-13(12)19-14(16)10-6-8-11(15-17)9-7-10;1-8-7-14(13(8)15)9-5-10(16-2)12(18-4)11(6-9)17-3;1-2/h2-9H,1H3;5-6H,1,7H2,2-4H3;1-2H3. The highest BCUT2D eigenvalue weighted by atomic mass is 16.6. The summed E-state index contributed by atoms with van der Waals surface area (Å²) in [5.41, 5.74) is 1.90. The molecule has 39 heavy (non-hydrogen) atoms. The molecular weight excluding hydrogens is 504 g/mol. The molecule has 206 valence electrons. The normalized spacial score (nSPS) is 11.5. The highest BCUT2D eigenvalue weighted by Crippen LogP contribution is 2.42. The fourth-order valence-corrected chi connectivity index (χ4v) is 3.38. The van der Waals surface area contributed by atoms with Gasteiger partial charge in [0.25, 0.3) is 5.91 Å². The van der Waals surface area contributed by atoms with Gasteiger partial charge in [-0.25, -0.2) is 4.79 Å². The molecule has 0 bridgehead atoms. The maximum Gasteiger partial charge on any atom is 0.343 e. The molecule has 0 aliphatic carbocycles. The smallest absolute Gasteiger partial charge is 0.343 e. The Bertz CT molecular complexity index is 1280. The van der Waals surface area contributed by atoms with Crippen LogP contribution in [0.1, 0.15) is 24.2 Å². The zero-order valence-electron chi connectivity index (χ0n) is 22.8. The van der Waals surface area contributed by atoms with Crippen molar-refractivity contribution < 1.29 is 33.3 Å². The average molecular weight is 537 g/mol. The van der Waals surface area contributed by atoms with Gasteiger partial charge in [0.15, 0.2) is 23.0 Å². The van der Waals surface area contributed by atoms with E-state index in [9.17, 15) is 14.5 Å². The molecule has 0 unspecified atom stereocenters. The van der Waals surface area contributed by atoms with E-state index < -0.39 is 5.97 Å². The highest BCUT2D eigenvalue weighted by molar-refractivity contribution is 6.13. The minimum absolute atomic E-state index is 0.0794. The third-order valence-electron chi connectivity index (χ3n) is 5.34. The molecule has 10 heteroatoms. The molecule has 0 N–H and O–H groups in total. The number of para-hydroxylation sites is 2. The topological polar surface area (TPSA) is 113 Å². The molecule has 1 aliphatic rings. The van der Waals surface area contributed by atoms with Gasteiger partial charge in [0.2, 0.25) is 5.75 Å². The van der Waals surface area contributed by atoms with Crippen molar-refractivity contribution in [1.82, 2.24) is 0 Å². The Hall–Kier alpha value is -4.86. The van der Waals surface area contributed by atoms with Gasteiger partial charge in [0.1, 0.15) is 5.69 Å². The van der Waals surface area contributed by atoms with Crippen molar-refractivity contribution >= 4 is 23.3 Å². The Balaban J connectivity index is 0.000000258. The fourth-order valence-electron chi connectivity index (χ4n) is 3.38. The summed E-state index contributed by atoms with van der Waals surface area (Å²) in [6, 6.07) is 16.2. The number of anilines is 1. The van der Waals surface area contributed by atoms with Gasteiger partial charge in [0, 0.05) is 17.7 Å². The number of hydrogen-bond donors (Lipinski definition) is 0. The number of carbonyl (C=O) groups is 2. The van der Waals surface area contributed by atoms with Crippen LogP contribution in [-0.4, -0.2) is 46.9 Å². The fraction of sp³-hybridized carbons (Fsp3) is 0.241. The van der Waals surface area contributed by atoms with Crippen LogP contribution in [0.25, 0.3) is 0 Å². The molecule has 0 atom stereocenters. The van der Waals surface area contributed by atoms with Crippen LogP contribution in [0, 0.1) is 4.91 Å². The third kappa shape index (κ3) is 7.35. The van der Waals surface area contributed by atoms with Crippen LogP contribution < -0.4 is 28.6 Å². The number of β-lactam (4-membered cyclic amide) rings is 1. The van der Waals surface area contributed by atoms with Gasteiger partial charge in [0.05, 0.1) is 46.2 Å². The number of nitrogens with zero attached hydrogens (tertiary/aromatic N) is 2. The van der Waals surface area contributed by atoms with Gasteiger partial charge in [-0.15, -0.1) is 4.91 Å². The molecule has 10 nitrogen and oxygen atoms in total. The number of esters is 1. The minimum Gasteiger partial charge on any atom is -0.493 e. The number of nitroso groups, excluding NO2 is 1. The molecular formula is C29H32N2O8. The molecule has 0 radical (unpaired) electrons. The summed E-state index contributed by atoms with van der Waals surface area (Å²) < 4.78 is 26.0. The number of rotatable bonds is 8. The molecule has 1 saturated heterocycles. The van der Waals surface area contributed by atoms with E-state index in [2.05, 4.69) is 11.8 Å². The van der Waals surface area contributed by atoms with Crippen LogP contribution in [0.4, 0.5) is 11.4 Å². The Morgan fingerprint density at radius 1 is 0.821 bits per heavy atom.